The van der Waals surface area contributed by atoms with Gasteiger partial charge in [0.05, 0.1) is 43.7 Å². The molecule has 0 atom stereocenters. The van der Waals surface area contributed by atoms with Crippen LogP contribution in [0.25, 0.3) is 10.9 Å². The minimum Gasteiger partial charge on any atom is -0.493 e. The number of nitrogens with one attached hydrogen (secondary N) is 1. The minimum atomic E-state index is -0.290. The molecule has 9 nitrogen and oxygen atoms in total. The highest BCUT2D eigenvalue weighted by Crippen LogP contribution is 2.34. The lowest BCUT2D eigenvalue weighted by Gasteiger charge is -2.20. The van der Waals surface area contributed by atoms with Crippen LogP contribution in [0, 0.1) is 0 Å². The number of methoxy groups -OCH3 is 2. The third-order valence-electron chi connectivity index (χ3n) is 5.73. The van der Waals surface area contributed by atoms with Crippen molar-refractivity contribution < 1.29 is 19.1 Å². The van der Waals surface area contributed by atoms with Crippen molar-refractivity contribution >= 4 is 28.4 Å². The van der Waals surface area contributed by atoms with E-state index in [2.05, 4.69) is 10.4 Å². The number of para-hydroxylation sites is 1. The first-order valence-corrected chi connectivity index (χ1v) is 10.8. The third-order valence-corrected chi connectivity index (χ3v) is 5.73. The number of benzene rings is 2. The average molecular weight is 450 g/mol. The van der Waals surface area contributed by atoms with Crippen LogP contribution in [-0.4, -0.2) is 53.8 Å². The van der Waals surface area contributed by atoms with Gasteiger partial charge in [-0.1, -0.05) is 12.1 Å². The summed E-state index contributed by atoms with van der Waals surface area (Å²) in [4.78, 5) is 39.7. The van der Waals surface area contributed by atoms with Gasteiger partial charge in [0.25, 0.3) is 5.91 Å². The predicted molar refractivity (Wildman–Crippen MR) is 124 cm³/mol. The number of carbonyl (C=O) groups excluding carboxylic acids is 2. The number of nitrogens with zero attached hydrogens (tertiary/aromatic N) is 3. The quantitative estimate of drug-likeness (QED) is 0.594. The number of aromatic nitrogens is 2. The molecule has 2 amide bonds. The molecular formula is C24H26N4O5. The predicted octanol–water partition coefficient (Wildman–Crippen LogP) is 2.68. The summed E-state index contributed by atoms with van der Waals surface area (Å²) in [6.45, 7) is 1.65. The van der Waals surface area contributed by atoms with Gasteiger partial charge in [0.2, 0.25) is 11.3 Å². The van der Waals surface area contributed by atoms with Gasteiger partial charge in [-0.2, -0.15) is 5.10 Å². The molecule has 4 rings (SSSR count). The second-order valence-corrected chi connectivity index (χ2v) is 7.80. The Morgan fingerprint density at radius 2 is 1.76 bits per heavy atom. The number of aryl methyl sites for hydroxylation is 1. The lowest BCUT2D eigenvalue weighted by Crippen LogP contribution is -2.29. The maximum Gasteiger partial charge on any atom is 0.256 e. The molecule has 3 aromatic rings. The molecule has 9 heteroatoms. The first kappa shape index (κ1) is 22.3. The van der Waals surface area contributed by atoms with Crippen molar-refractivity contribution in [3.8, 4) is 11.5 Å². The zero-order valence-corrected chi connectivity index (χ0v) is 18.7. The van der Waals surface area contributed by atoms with Crippen molar-refractivity contribution in [2.75, 3.05) is 32.6 Å². The van der Waals surface area contributed by atoms with Crippen LogP contribution < -0.4 is 20.2 Å². The first-order valence-electron chi connectivity index (χ1n) is 10.8. The standard InChI is InChI=1S/C24H26N4O5/c1-32-21-13-17(24(31)27-10-5-6-11-27)18(14-22(21)33-2)26-23(30)9-12-28-19-8-4-3-7-16(19)20(29)15-25-28/h3-4,7-8,13-15H,5-6,9-12H2,1-2H3,(H,26,30). The van der Waals surface area contributed by atoms with E-state index in [9.17, 15) is 14.4 Å². The van der Waals surface area contributed by atoms with Crippen molar-refractivity contribution in [1.82, 2.24) is 14.7 Å². The van der Waals surface area contributed by atoms with Crippen LogP contribution in [0.5, 0.6) is 11.5 Å². The average Bonchev–Trinajstić information content (AvgIpc) is 3.38. The van der Waals surface area contributed by atoms with Gasteiger partial charge in [0.1, 0.15) is 0 Å². The zero-order valence-electron chi connectivity index (χ0n) is 18.7. The second kappa shape index (κ2) is 9.72. The van der Waals surface area contributed by atoms with Gasteiger partial charge in [0.15, 0.2) is 11.5 Å². The number of ether oxygens (including phenoxy) is 2. The molecule has 1 saturated heterocycles. The zero-order chi connectivity index (χ0) is 23.4. The van der Waals surface area contributed by atoms with E-state index >= 15 is 0 Å². The van der Waals surface area contributed by atoms with Crippen LogP contribution >= 0.6 is 0 Å². The molecule has 1 N–H and O–H groups in total. The molecule has 1 fully saturated rings. The molecule has 1 aromatic heterocycles. The summed E-state index contributed by atoms with van der Waals surface area (Å²) < 4.78 is 12.3. The molecule has 0 radical (unpaired) electrons. The summed E-state index contributed by atoms with van der Waals surface area (Å²) in [6.07, 6.45) is 3.27. The Labute approximate surface area is 190 Å². The molecule has 2 aromatic carbocycles. The Morgan fingerprint density at radius 3 is 2.48 bits per heavy atom. The number of fused-ring (bicyclic) bond motifs is 1. The summed E-state index contributed by atoms with van der Waals surface area (Å²) in [5.41, 5.74) is 1.22. The largest absolute Gasteiger partial charge is 0.493 e. The molecule has 1 aliphatic rings. The third kappa shape index (κ3) is 4.67. The van der Waals surface area contributed by atoms with E-state index in [1.54, 1.807) is 39.9 Å². The summed E-state index contributed by atoms with van der Waals surface area (Å²) in [5, 5.41) is 7.55. The summed E-state index contributed by atoms with van der Waals surface area (Å²) >= 11 is 0. The van der Waals surface area contributed by atoms with Gasteiger partial charge in [0, 0.05) is 31.0 Å². The van der Waals surface area contributed by atoms with Crippen LogP contribution in [0.4, 0.5) is 5.69 Å². The fraction of sp³-hybridized carbons (Fsp3) is 0.333. The molecule has 0 saturated carbocycles. The van der Waals surface area contributed by atoms with Crippen LogP contribution in [0.3, 0.4) is 0 Å². The maximum atomic E-state index is 13.1. The second-order valence-electron chi connectivity index (χ2n) is 7.80. The SMILES string of the molecule is COc1cc(NC(=O)CCn2ncc(=O)c3ccccc32)c(C(=O)N2CCCC2)cc1OC. The first-order chi connectivity index (χ1) is 16.0. The van der Waals surface area contributed by atoms with E-state index in [0.29, 0.717) is 46.7 Å². The Kier molecular flexibility index (Phi) is 6.58. The minimum absolute atomic E-state index is 0.103. The van der Waals surface area contributed by atoms with Crippen LogP contribution in [0.1, 0.15) is 29.6 Å². The van der Waals surface area contributed by atoms with E-state index in [4.69, 9.17) is 9.47 Å². The summed E-state index contributed by atoms with van der Waals surface area (Å²) in [5.74, 6) is 0.389. The Bertz CT molecular complexity index is 1250. The van der Waals surface area contributed by atoms with Crippen LogP contribution in [0.2, 0.25) is 0 Å². The summed E-state index contributed by atoms with van der Waals surface area (Å²) in [7, 11) is 3.00. The molecule has 1 aliphatic heterocycles. The Hall–Kier alpha value is -3.88. The van der Waals surface area contributed by atoms with E-state index in [1.165, 1.54) is 20.4 Å². The number of hydrogen-bond donors (Lipinski definition) is 1. The molecule has 0 aliphatic carbocycles. The van der Waals surface area contributed by atoms with Gasteiger partial charge in [-0.25, -0.2) is 0 Å². The van der Waals surface area contributed by atoms with Crippen molar-refractivity contribution in [2.24, 2.45) is 0 Å². The Morgan fingerprint density at radius 1 is 1.06 bits per heavy atom. The number of likely N-dealkylation sites (tertiary alicyclic amines) is 1. The van der Waals surface area contributed by atoms with Gasteiger partial charge in [-0.3, -0.25) is 19.1 Å². The number of carbonyl (C=O) groups is 2. The highest BCUT2D eigenvalue weighted by Gasteiger charge is 2.25. The number of amides is 2. The van der Waals surface area contributed by atoms with E-state index < -0.39 is 0 Å². The van der Waals surface area contributed by atoms with Crippen LogP contribution in [0.15, 0.2) is 47.4 Å². The monoisotopic (exact) mass is 450 g/mol. The van der Waals surface area contributed by atoms with Crippen LogP contribution in [-0.2, 0) is 11.3 Å². The van der Waals surface area contributed by atoms with Crippen molar-refractivity contribution in [1.29, 1.82) is 0 Å². The number of rotatable bonds is 7. The molecule has 0 bridgehead atoms. The van der Waals surface area contributed by atoms with Crippen molar-refractivity contribution in [2.45, 2.75) is 25.8 Å². The smallest absolute Gasteiger partial charge is 0.256 e. The molecule has 0 spiro atoms. The van der Waals surface area contributed by atoms with E-state index in [1.807, 2.05) is 6.07 Å². The topological polar surface area (TPSA) is 103 Å². The number of hydrogen-bond acceptors (Lipinski definition) is 6. The van der Waals surface area contributed by atoms with E-state index in [0.717, 1.165) is 12.8 Å². The highest BCUT2D eigenvalue weighted by molar-refractivity contribution is 6.04. The van der Waals surface area contributed by atoms with Gasteiger partial charge < -0.3 is 19.7 Å². The fourth-order valence-electron chi connectivity index (χ4n) is 4.01. The lowest BCUT2D eigenvalue weighted by atomic mass is 10.1. The van der Waals surface area contributed by atoms with E-state index in [-0.39, 0.29) is 30.2 Å². The molecular weight excluding hydrogens is 424 g/mol. The highest BCUT2D eigenvalue weighted by atomic mass is 16.5. The van der Waals surface area contributed by atoms with Crippen molar-refractivity contribution in [3.05, 3.63) is 58.4 Å². The van der Waals surface area contributed by atoms with Gasteiger partial charge >= 0.3 is 0 Å². The van der Waals surface area contributed by atoms with Gasteiger partial charge in [-0.15, -0.1) is 0 Å². The molecule has 0 unspecified atom stereocenters. The van der Waals surface area contributed by atoms with Crippen molar-refractivity contribution in [3.63, 3.8) is 0 Å². The normalized spacial score (nSPS) is 13.2. The van der Waals surface area contributed by atoms with Gasteiger partial charge in [-0.05, 0) is 31.0 Å². The lowest BCUT2D eigenvalue weighted by molar-refractivity contribution is -0.116. The molecule has 2 heterocycles. The Balaban J connectivity index is 1.56. The summed E-state index contributed by atoms with van der Waals surface area (Å²) in [6, 6.07) is 10.3. The molecule has 172 valence electrons. The fourth-order valence-corrected chi connectivity index (χ4v) is 4.01. The number of anilines is 1. The maximum absolute atomic E-state index is 13.1. The molecule has 33 heavy (non-hydrogen) atoms.